The number of benzene rings is 1. The second-order valence-corrected chi connectivity index (χ2v) is 11.0. The number of thiazole rings is 1. The minimum atomic E-state index is -1.02. The first kappa shape index (κ1) is 24.1. The summed E-state index contributed by atoms with van der Waals surface area (Å²) in [6.45, 7) is 2.60. The van der Waals surface area contributed by atoms with E-state index >= 15 is 4.39 Å². The van der Waals surface area contributed by atoms with Crippen LogP contribution in [0.25, 0.3) is 11.3 Å². The highest BCUT2D eigenvalue weighted by atomic mass is 32.1. The molecule has 0 aliphatic carbocycles. The first-order valence-electron chi connectivity index (χ1n) is 13.1. The van der Waals surface area contributed by atoms with Crippen LogP contribution in [-0.2, 0) is 24.3 Å². The molecule has 0 radical (unpaired) electrons. The average Bonchev–Trinajstić information content (AvgIpc) is 3.77. The number of piperidine rings is 1. The lowest BCUT2D eigenvalue weighted by atomic mass is 10.0. The molecule has 4 aromatic rings. The Balaban J connectivity index is 1.22. The molecule has 3 aromatic heterocycles. The van der Waals surface area contributed by atoms with Crippen LogP contribution in [-0.4, -0.2) is 59.3 Å². The molecule has 1 fully saturated rings. The highest BCUT2D eigenvalue weighted by molar-refractivity contribution is 7.13. The third-order valence-corrected chi connectivity index (χ3v) is 8.47. The van der Waals surface area contributed by atoms with Crippen LogP contribution < -0.4 is 10.6 Å². The number of carbonyl (C=O) groups excluding carboxylic acids is 2. The van der Waals surface area contributed by atoms with E-state index in [0.717, 1.165) is 51.0 Å². The fourth-order valence-corrected chi connectivity index (χ4v) is 6.34. The SMILES string of the molecule is O=C(Nc1nccs1)C(c1ncn2c1CCC2)N1Cc2c(F)cc(-c3cn(C4CCNCC4)nn3)cc2C1=O. The summed E-state index contributed by atoms with van der Waals surface area (Å²) < 4.78 is 19.3. The topological polar surface area (TPSA) is 123 Å². The Morgan fingerprint density at radius 2 is 2.10 bits per heavy atom. The maximum absolute atomic E-state index is 15.5. The van der Waals surface area contributed by atoms with Gasteiger partial charge >= 0.3 is 0 Å². The third kappa shape index (κ3) is 4.21. The number of aromatic nitrogens is 6. The van der Waals surface area contributed by atoms with Gasteiger partial charge in [0.1, 0.15) is 11.5 Å². The molecule has 200 valence electrons. The minimum Gasteiger partial charge on any atom is -0.334 e. The number of aryl methyl sites for hydroxylation is 1. The van der Waals surface area contributed by atoms with Crippen molar-refractivity contribution in [1.82, 2.24) is 39.7 Å². The molecule has 1 unspecified atom stereocenters. The Morgan fingerprint density at radius 3 is 2.92 bits per heavy atom. The van der Waals surface area contributed by atoms with E-state index in [1.807, 2.05) is 15.4 Å². The number of hydrogen-bond donors (Lipinski definition) is 2. The first-order valence-corrected chi connectivity index (χ1v) is 14.0. The van der Waals surface area contributed by atoms with Crippen molar-refractivity contribution in [3.8, 4) is 11.3 Å². The number of halogens is 1. The monoisotopic (exact) mass is 547 g/mol. The van der Waals surface area contributed by atoms with E-state index in [2.05, 4.69) is 30.9 Å². The van der Waals surface area contributed by atoms with Crippen LogP contribution >= 0.6 is 11.3 Å². The molecule has 1 saturated heterocycles. The fourth-order valence-electron chi connectivity index (χ4n) is 5.81. The summed E-state index contributed by atoms with van der Waals surface area (Å²) in [7, 11) is 0. The summed E-state index contributed by atoms with van der Waals surface area (Å²) in [5.41, 5.74) is 2.92. The van der Waals surface area contributed by atoms with Gasteiger partial charge in [-0.2, -0.15) is 0 Å². The zero-order chi connectivity index (χ0) is 26.5. The number of nitrogens with one attached hydrogen (secondary N) is 2. The number of carbonyl (C=O) groups is 2. The highest BCUT2D eigenvalue weighted by Gasteiger charge is 2.42. The molecule has 3 aliphatic heterocycles. The van der Waals surface area contributed by atoms with Gasteiger partial charge < -0.3 is 14.8 Å². The lowest BCUT2D eigenvalue weighted by molar-refractivity contribution is -0.121. The van der Waals surface area contributed by atoms with Gasteiger partial charge in [0.2, 0.25) is 0 Å². The Kier molecular flexibility index (Phi) is 5.96. The van der Waals surface area contributed by atoms with Crippen LogP contribution in [0.5, 0.6) is 0 Å². The Bertz CT molecular complexity index is 1560. The van der Waals surface area contributed by atoms with Gasteiger partial charge in [-0.1, -0.05) is 5.21 Å². The molecule has 2 amide bonds. The van der Waals surface area contributed by atoms with Crippen LogP contribution in [0, 0.1) is 5.82 Å². The van der Waals surface area contributed by atoms with Crippen molar-refractivity contribution in [2.24, 2.45) is 0 Å². The molecule has 6 heterocycles. The Morgan fingerprint density at radius 1 is 1.23 bits per heavy atom. The molecule has 0 spiro atoms. The molecule has 1 aromatic carbocycles. The molecule has 3 aliphatic rings. The minimum absolute atomic E-state index is 0.0374. The predicted molar refractivity (Wildman–Crippen MR) is 140 cm³/mol. The molecule has 0 saturated carbocycles. The van der Waals surface area contributed by atoms with Gasteiger partial charge in [-0.3, -0.25) is 14.9 Å². The lowest BCUT2D eigenvalue weighted by Gasteiger charge is -2.26. The van der Waals surface area contributed by atoms with Crippen molar-refractivity contribution in [3.05, 3.63) is 64.6 Å². The lowest BCUT2D eigenvalue weighted by Crippen LogP contribution is -2.38. The number of fused-ring (bicyclic) bond motifs is 2. The predicted octanol–water partition coefficient (Wildman–Crippen LogP) is 2.94. The molecule has 13 heteroatoms. The van der Waals surface area contributed by atoms with Crippen LogP contribution in [0.1, 0.15) is 58.7 Å². The zero-order valence-corrected chi connectivity index (χ0v) is 21.8. The van der Waals surface area contributed by atoms with Crippen LogP contribution in [0.15, 0.2) is 36.2 Å². The van der Waals surface area contributed by atoms with Crippen molar-refractivity contribution in [2.45, 2.75) is 50.9 Å². The summed E-state index contributed by atoms with van der Waals surface area (Å²) in [5.74, 6) is -1.36. The molecular formula is C26H26FN9O2S. The number of imidazole rings is 1. The molecule has 0 bridgehead atoms. The van der Waals surface area contributed by atoms with Gasteiger partial charge in [-0.15, -0.1) is 16.4 Å². The molecule has 11 nitrogen and oxygen atoms in total. The van der Waals surface area contributed by atoms with Crippen molar-refractivity contribution < 1.29 is 14.0 Å². The Hall–Kier alpha value is -3.97. The van der Waals surface area contributed by atoms with Gasteiger partial charge in [-0.05, 0) is 50.9 Å². The fraction of sp³-hybridized carbons (Fsp3) is 0.385. The molecule has 2 N–H and O–H groups in total. The van der Waals surface area contributed by atoms with Crippen molar-refractivity contribution in [1.29, 1.82) is 0 Å². The van der Waals surface area contributed by atoms with Gasteiger partial charge in [0.15, 0.2) is 11.2 Å². The van der Waals surface area contributed by atoms with E-state index in [0.29, 0.717) is 22.1 Å². The largest absolute Gasteiger partial charge is 0.334 e. The van der Waals surface area contributed by atoms with Crippen molar-refractivity contribution in [3.63, 3.8) is 0 Å². The zero-order valence-electron chi connectivity index (χ0n) is 21.0. The Labute approximate surface area is 227 Å². The van der Waals surface area contributed by atoms with Gasteiger partial charge in [0.25, 0.3) is 11.8 Å². The summed E-state index contributed by atoms with van der Waals surface area (Å²) in [6, 6.07) is 2.26. The average molecular weight is 548 g/mol. The second-order valence-electron chi connectivity index (χ2n) is 10.1. The van der Waals surface area contributed by atoms with E-state index in [1.54, 1.807) is 24.0 Å². The van der Waals surface area contributed by atoms with E-state index in [1.165, 1.54) is 22.3 Å². The molecular weight excluding hydrogens is 521 g/mol. The van der Waals surface area contributed by atoms with Crippen LogP contribution in [0.4, 0.5) is 9.52 Å². The maximum Gasteiger partial charge on any atom is 0.255 e. The third-order valence-electron chi connectivity index (χ3n) is 7.78. The standard InChI is InChI=1S/C26H26FN9O2S/c27-19-11-15(20-13-36(33-32-20)16-3-5-28-6-4-16)10-17-18(19)12-35(25(17)38)23(24(37)31-26-29-7-9-39-26)22-21-2-1-8-34(21)14-30-22/h7,9-11,13-14,16,23,28H,1-6,8,12H2,(H,29,31,37). The number of anilines is 1. The van der Waals surface area contributed by atoms with Crippen molar-refractivity contribution >= 4 is 28.3 Å². The summed E-state index contributed by atoms with van der Waals surface area (Å²) in [6.07, 6.45) is 8.70. The van der Waals surface area contributed by atoms with E-state index in [-0.39, 0.29) is 23.7 Å². The second kappa shape index (κ2) is 9.65. The summed E-state index contributed by atoms with van der Waals surface area (Å²) in [4.78, 5) is 37.5. The molecule has 1 atom stereocenters. The summed E-state index contributed by atoms with van der Waals surface area (Å²) in [5, 5.41) is 16.9. The van der Waals surface area contributed by atoms with Gasteiger partial charge in [-0.25, -0.2) is 19.0 Å². The molecule has 7 rings (SSSR count). The number of hydrogen-bond acceptors (Lipinski definition) is 8. The number of amides is 2. The highest BCUT2D eigenvalue weighted by Crippen LogP contribution is 2.37. The quantitative estimate of drug-likeness (QED) is 0.381. The number of rotatable bonds is 6. The van der Waals surface area contributed by atoms with E-state index in [4.69, 9.17) is 0 Å². The normalized spacial score (nSPS) is 17.9. The van der Waals surface area contributed by atoms with Gasteiger partial charge in [0.05, 0.1) is 30.8 Å². The summed E-state index contributed by atoms with van der Waals surface area (Å²) >= 11 is 1.29. The smallest absolute Gasteiger partial charge is 0.255 e. The number of nitrogens with zero attached hydrogens (tertiary/aromatic N) is 7. The first-order chi connectivity index (χ1) is 19.1. The van der Waals surface area contributed by atoms with Gasteiger partial charge in [0, 0.05) is 40.5 Å². The van der Waals surface area contributed by atoms with Crippen LogP contribution in [0.2, 0.25) is 0 Å². The maximum atomic E-state index is 15.5. The van der Waals surface area contributed by atoms with Crippen molar-refractivity contribution in [2.75, 3.05) is 18.4 Å². The van der Waals surface area contributed by atoms with E-state index in [9.17, 15) is 9.59 Å². The molecule has 39 heavy (non-hydrogen) atoms. The van der Waals surface area contributed by atoms with Crippen LogP contribution in [0.3, 0.4) is 0 Å². The van der Waals surface area contributed by atoms with E-state index < -0.39 is 23.7 Å².